The van der Waals surface area contributed by atoms with Crippen LogP contribution in [0, 0.1) is 0 Å². The number of amides is 1. The molecule has 1 aliphatic rings. The van der Waals surface area contributed by atoms with E-state index in [0.29, 0.717) is 22.9 Å². The van der Waals surface area contributed by atoms with Gasteiger partial charge in [-0.15, -0.1) is 0 Å². The van der Waals surface area contributed by atoms with Crippen LogP contribution in [0.1, 0.15) is 12.6 Å². The van der Waals surface area contributed by atoms with Gasteiger partial charge in [0.15, 0.2) is 0 Å². The molecule has 2 aromatic heterocycles. The van der Waals surface area contributed by atoms with Crippen LogP contribution in [0.15, 0.2) is 19.0 Å². The van der Waals surface area contributed by atoms with Gasteiger partial charge in [0.25, 0.3) is 0 Å². The van der Waals surface area contributed by atoms with E-state index in [-0.39, 0.29) is 11.8 Å². The van der Waals surface area contributed by atoms with Gasteiger partial charge in [0, 0.05) is 0 Å². The molecule has 13 heteroatoms. The molecule has 3 heterocycles. The summed E-state index contributed by atoms with van der Waals surface area (Å²) in [4.78, 5) is 23.4. The molecule has 12 nitrogen and oxygen atoms in total. The number of aliphatic hydroxyl groups is 2. The van der Waals surface area contributed by atoms with Gasteiger partial charge >= 0.3 is 177 Å². The topological polar surface area (TPSA) is 214 Å². The van der Waals surface area contributed by atoms with Crippen LogP contribution in [0.2, 0.25) is 16.0 Å². The maximum atomic E-state index is 11.2. The van der Waals surface area contributed by atoms with Gasteiger partial charge in [-0.1, -0.05) is 0 Å². The summed E-state index contributed by atoms with van der Waals surface area (Å²) in [6.07, 6.45) is -0.132. The molecule has 0 bridgehead atoms. The molecule has 6 atom stereocenters. The summed E-state index contributed by atoms with van der Waals surface area (Å²) < 4.78 is 7.49. The van der Waals surface area contributed by atoms with E-state index in [4.69, 9.17) is 27.7 Å². The minimum absolute atomic E-state index is 0.0326. The first kappa shape index (κ1) is 22.4. The number of hydrogen-bond acceptors (Lipinski definition) is 10. The Morgan fingerprint density at radius 3 is 2.77 bits per heavy atom. The molecule has 30 heavy (non-hydrogen) atoms. The summed E-state index contributed by atoms with van der Waals surface area (Å²) in [6, 6.07) is -0.707. The van der Waals surface area contributed by atoms with Gasteiger partial charge in [-0.2, -0.15) is 0 Å². The van der Waals surface area contributed by atoms with Gasteiger partial charge in [-0.25, -0.2) is 0 Å². The Morgan fingerprint density at radius 2 is 2.10 bits per heavy atom. The van der Waals surface area contributed by atoms with Crippen LogP contribution in [-0.2, 0) is 9.53 Å². The van der Waals surface area contributed by atoms with E-state index in [0.717, 1.165) is 10.6 Å². The van der Waals surface area contributed by atoms with Gasteiger partial charge in [0.1, 0.15) is 0 Å². The third-order valence-electron chi connectivity index (χ3n) is 4.91. The molecular formula is C17H27N8O4Se+. The second-order valence-corrected chi connectivity index (χ2v) is 11.9. The van der Waals surface area contributed by atoms with Crippen molar-refractivity contribution in [3.8, 4) is 0 Å². The molecule has 2 unspecified atom stereocenters. The van der Waals surface area contributed by atoms with Crippen LogP contribution in [0.5, 0.6) is 0 Å². The second-order valence-electron chi connectivity index (χ2n) is 7.07. The molecule has 10 N–H and O–H groups in total. The molecule has 164 valence electrons. The third-order valence-corrected chi connectivity index (χ3v) is 9.78. The van der Waals surface area contributed by atoms with Crippen molar-refractivity contribution in [1.82, 2.24) is 19.5 Å². The number of aliphatic hydroxyl groups excluding tert-OH is 2. The fourth-order valence-corrected chi connectivity index (χ4v) is 7.78. The molecule has 0 saturated carbocycles. The van der Waals surface area contributed by atoms with E-state index in [1.54, 1.807) is 0 Å². The molecule has 0 aromatic carbocycles. The van der Waals surface area contributed by atoms with Gasteiger partial charge in [-0.3, -0.25) is 0 Å². The van der Waals surface area contributed by atoms with Crippen molar-refractivity contribution in [1.29, 1.82) is 0 Å². The van der Waals surface area contributed by atoms with E-state index in [1.165, 1.54) is 10.9 Å². The molecule has 1 amide bonds. The Morgan fingerprint density at radius 1 is 1.37 bits per heavy atom. The van der Waals surface area contributed by atoms with Crippen molar-refractivity contribution in [3.05, 3.63) is 19.0 Å². The number of fused-ring (bicyclic) bond motifs is 1. The second kappa shape index (κ2) is 9.25. The van der Waals surface area contributed by atoms with Crippen molar-refractivity contribution >= 4 is 42.7 Å². The quantitative estimate of drug-likeness (QED) is 0.178. The standard InChI is InChI=1S/C17H26N8O4Se/c1-2-4-30(5-3-8(18)14(20)28)6-9-11(26)12(27)16(29-9)25-7-22-10-13(19)23-17(21)24-15(10)25/h2,7-9,11-12,16,26-27H,1,3-6,18H2,(H5-,19,20,21,23,24,28)/p+1/t8?,9-,11-,12-,16-,30?/m1/s1. The number of imidazole rings is 1. The molecule has 0 aliphatic carbocycles. The van der Waals surface area contributed by atoms with Crippen LogP contribution < -0.4 is 22.9 Å². The number of nitrogens with two attached hydrogens (primary N) is 4. The summed E-state index contributed by atoms with van der Waals surface area (Å²) in [6.45, 7) is 3.78. The van der Waals surface area contributed by atoms with E-state index >= 15 is 0 Å². The number of rotatable bonds is 9. The molecule has 1 aliphatic heterocycles. The minimum atomic E-state index is -1.36. The average molecular weight is 486 g/mol. The van der Waals surface area contributed by atoms with Gasteiger partial charge in [-0.05, 0) is 0 Å². The Balaban J connectivity index is 1.76. The Bertz CT molecular complexity index is 925. The Hall–Kier alpha value is -2.28. The molecule has 0 radical (unpaired) electrons. The molecule has 3 rings (SSSR count). The van der Waals surface area contributed by atoms with E-state index < -0.39 is 50.4 Å². The summed E-state index contributed by atoms with van der Waals surface area (Å²) in [7, 11) is 0. The number of nitrogens with zero attached hydrogens (tertiary/aromatic N) is 4. The first-order valence-electron chi connectivity index (χ1n) is 9.30. The van der Waals surface area contributed by atoms with Crippen LogP contribution in [0.4, 0.5) is 11.8 Å². The van der Waals surface area contributed by atoms with Gasteiger partial charge in [0.05, 0.1) is 0 Å². The fourth-order valence-electron chi connectivity index (χ4n) is 3.31. The van der Waals surface area contributed by atoms with Crippen LogP contribution in [-0.4, -0.2) is 73.9 Å². The SMILES string of the molecule is C=CC[Se+](CCC(N)C(N)=O)C[C@H]1O[C@@H](n2cnc3c(N)nc(N)nc32)[C@H](O)[C@@H]1O. The van der Waals surface area contributed by atoms with Crippen LogP contribution >= 0.6 is 0 Å². The Labute approximate surface area is 177 Å². The first-order valence-corrected chi connectivity index (χ1v) is 12.9. The van der Waals surface area contributed by atoms with E-state index in [1.807, 2.05) is 6.08 Å². The number of allylic oxidation sites excluding steroid dienone is 1. The molecular weight excluding hydrogens is 459 g/mol. The number of primary amides is 1. The van der Waals surface area contributed by atoms with Crippen molar-refractivity contribution in [2.45, 2.75) is 53.0 Å². The van der Waals surface area contributed by atoms with Crippen molar-refractivity contribution < 1.29 is 19.7 Å². The number of ether oxygens (including phenoxy) is 1. The number of carbonyl (C=O) groups is 1. The van der Waals surface area contributed by atoms with Crippen LogP contribution in [0.25, 0.3) is 11.2 Å². The summed E-state index contributed by atoms with van der Waals surface area (Å²) in [5.74, 6) is -0.460. The number of nitrogen functional groups attached to an aromatic ring is 2. The summed E-state index contributed by atoms with van der Waals surface area (Å²) in [5.41, 5.74) is 23.1. The van der Waals surface area contributed by atoms with E-state index in [9.17, 15) is 15.0 Å². The number of carbonyl (C=O) groups excluding carboxylic acids is 1. The third kappa shape index (κ3) is 4.56. The zero-order valence-electron chi connectivity index (χ0n) is 16.3. The molecule has 0 spiro atoms. The van der Waals surface area contributed by atoms with E-state index in [2.05, 4.69) is 21.5 Å². The zero-order valence-corrected chi connectivity index (χ0v) is 18.0. The van der Waals surface area contributed by atoms with Crippen molar-refractivity contribution in [2.24, 2.45) is 11.5 Å². The zero-order chi connectivity index (χ0) is 22.0. The number of hydrogen-bond donors (Lipinski definition) is 6. The van der Waals surface area contributed by atoms with Crippen molar-refractivity contribution in [2.75, 3.05) is 11.5 Å². The first-order chi connectivity index (χ1) is 14.2. The predicted molar refractivity (Wildman–Crippen MR) is 112 cm³/mol. The Kier molecular flexibility index (Phi) is 6.91. The van der Waals surface area contributed by atoms with Gasteiger partial charge in [0.2, 0.25) is 0 Å². The van der Waals surface area contributed by atoms with Crippen LogP contribution in [0.3, 0.4) is 0 Å². The number of aromatic nitrogens is 4. The van der Waals surface area contributed by atoms with Crippen molar-refractivity contribution in [3.63, 3.8) is 0 Å². The summed E-state index contributed by atoms with van der Waals surface area (Å²) >= 11 is -1.36. The average Bonchev–Trinajstić information content (AvgIpc) is 3.22. The fraction of sp³-hybridized carbons (Fsp3) is 0.529. The molecule has 1 fully saturated rings. The summed E-state index contributed by atoms with van der Waals surface area (Å²) in [5, 5.41) is 23.2. The number of anilines is 2. The molecule has 2 aromatic rings. The van der Waals surface area contributed by atoms with Gasteiger partial charge < -0.3 is 0 Å². The monoisotopic (exact) mass is 487 g/mol. The predicted octanol–water partition coefficient (Wildman–Crippen LogP) is -1.51. The molecule has 1 saturated heterocycles. The maximum absolute atomic E-state index is 11.2. The normalized spacial score (nSPS) is 26.0.